The molecule has 0 aromatic carbocycles. The van der Waals surface area contributed by atoms with Crippen LogP contribution in [-0.4, -0.2) is 20.0 Å². The summed E-state index contributed by atoms with van der Waals surface area (Å²) in [6.07, 6.45) is 12.3. The first-order valence-electron chi connectivity index (χ1n) is 6.23. The van der Waals surface area contributed by atoms with Gasteiger partial charge in [0.1, 0.15) is 0 Å². The van der Waals surface area contributed by atoms with Crippen molar-refractivity contribution in [1.82, 2.24) is 0 Å². The zero-order valence-corrected chi connectivity index (χ0v) is 10.3. The number of fused-ring (bicyclic) bond motifs is 3. The van der Waals surface area contributed by atoms with Crippen LogP contribution in [0.1, 0.15) is 51.4 Å². The molecular formula is C12H18S2. The molecule has 4 fully saturated rings. The van der Waals surface area contributed by atoms with E-state index in [0.29, 0.717) is 0 Å². The summed E-state index contributed by atoms with van der Waals surface area (Å²) in [5.41, 5.74) is 0. The fourth-order valence-electron chi connectivity index (χ4n) is 4.07. The lowest BCUT2D eigenvalue weighted by molar-refractivity contribution is 0.343. The van der Waals surface area contributed by atoms with E-state index in [-0.39, 0.29) is 0 Å². The molecule has 0 N–H and O–H groups in total. The van der Waals surface area contributed by atoms with Gasteiger partial charge in [0.2, 0.25) is 0 Å². The fourth-order valence-corrected chi connectivity index (χ4v) is 8.26. The average Bonchev–Trinajstić information content (AvgIpc) is 3.11. The lowest BCUT2D eigenvalue weighted by Gasteiger charge is -2.31. The molecule has 4 aliphatic rings. The molecule has 0 bridgehead atoms. The lowest BCUT2D eigenvalue weighted by atomic mass is 9.73. The second-order valence-electron chi connectivity index (χ2n) is 5.48. The van der Waals surface area contributed by atoms with Gasteiger partial charge in [0.05, 0.1) is 0 Å². The Morgan fingerprint density at radius 1 is 0.714 bits per heavy atom. The molecule has 2 saturated carbocycles. The van der Waals surface area contributed by atoms with Crippen molar-refractivity contribution in [2.24, 2.45) is 0 Å². The Morgan fingerprint density at radius 2 is 1.21 bits per heavy atom. The summed E-state index contributed by atoms with van der Waals surface area (Å²) in [7, 11) is 0. The Labute approximate surface area is 95.0 Å². The molecular weight excluding hydrogens is 208 g/mol. The zero-order chi connectivity index (χ0) is 9.23. The Morgan fingerprint density at radius 3 is 1.64 bits per heavy atom. The van der Waals surface area contributed by atoms with Crippen LogP contribution in [0.25, 0.3) is 0 Å². The molecule has 2 aliphatic heterocycles. The second kappa shape index (κ2) is 2.68. The van der Waals surface area contributed by atoms with Crippen LogP contribution < -0.4 is 0 Å². The van der Waals surface area contributed by atoms with Gasteiger partial charge in [-0.2, -0.15) is 0 Å². The molecule has 0 spiro atoms. The minimum absolute atomic E-state index is 0.807. The highest BCUT2D eigenvalue weighted by Crippen LogP contribution is 2.80. The topological polar surface area (TPSA) is 0 Å². The van der Waals surface area contributed by atoms with Gasteiger partial charge in [0.15, 0.2) is 0 Å². The third-order valence-corrected chi connectivity index (χ3v) is 8.89. The lowest BCUT2D eigenvalue weighted by Crippen LogP contribution is -2.39. The summed E-state index contributed by atoms with van der Waals surface area (Å²) in [6.45, 7) is 0. The smallest absolute Gasteiger partial charge is 0.0439 e. The van der Waals surface area contributed by atoms with E-state index < -0.39 is 0 Å². The van der Waals surface area contributed by atoms with Crippen LogP contribution in [0.15, 0.2) is 0 Å². The standard InChI is InChI=1S/C12H18S2/c1-3-7-11(9(5-1)13-11)12-8-4-2-6-10(12)14-12/h9-10H,1-8H2. The first-order chi connectivity index (χ1) is 6.87. The average molecular weight is 226 g/mol. The summed E-state index contributed by atoms with van der Waals surface area (Å²) in [4.78, 5) is 0. The maximum Gasteiger partial charge on any atom is 0.0439 e. The van der Waals surface area contributed by atoms with Gasteiger partial charge in [-0.3, -0.25) is 0 Å². The van der Waals surface area contributed by atoms with Crippen molar-refractivity contribution in [3.8, 4) is 0 Å². The Balaban J connectivity index is 1.63. The van der Waals surface area contributed by atoms with Gasteiger partial charge >= 0.3 is 0 Å². The molecule has 2 saturated heterocycles. The van der Waals surface area contributed by atoms with Crippen molar-refractivity contribution in [1.29, 1.82) is 0 Å². The van der Waals surface area contributed by atoms with E-state index >= 15 is 0 Å². The predicted octanol–water partition coefficient (Wildman–Crippen LogP) is 3.84. The quantitative estimate of drug-likeness (QED) is 0.623. The van der Waals surface area contributed by atoms with Gasteiger partial charge in [0, 0.05) is 20.0 Å². The first kappa shape index (κ1) is 8.81. The van der Waals surface area contributed by atoms with Crippen LogP contribution in [0.2, 0.25) is 0 Å². The van der Waals surface area contributed by atoms with Crippen LogP contribution in [0, 0.1) is 0 Å². The summed E-state index contributed by atoms with van der Waals surface area (Å²) >= 11 is 4.75. The van der Waals surface area contributed by atoms with Gasteiger partial charge in [-0.15, -0.1) is 23.5 Å². The molecule has 0 nitrogen and oxygen atoms in total. The first-order valence-corrected chi connectivity index (χ1v) is 7.99. The van der Waals surface area contributed by atoms with E-state index in [4.69, 9.17) is 0 Å². The fraction of sp³-hybridized carbons (Fsp3) is 1.00. The summed E-state index contributed by atoms with van der Waals surface area (Å²) in [5.74, 6) is 0. The molecule has 0 amide bonds. The van der Waals surface area contributed by atoms with E-state index in [1.165, 1.54) is 25.7 Å². The summed E-state index contributed by atoms with van der Waals surface area (Å²) in [5, 5.41) is 2.18. The van der Waals surface area contributed by atoms with Crippen molar-refractivity contribution in [3.05, 3.63) is 0 Å². The highest BCUT2D eigenvalue weighted by atomic mass is 32.2. The second-order valence-corrected chi connectivity index (χ2v) is 8.55. The highest BCUT2D eigenvalue weighted by molar-refractivity contribution is 8.14. The molecule has 0 radical (unpaired) electrons. The largest absolute Gasteiger partial charge is 0.148 e. The third-order valence-electron chi connectivity index (χ3n) is 4.88. The van der Waals surface area contributed by atoms with E-state index in [1.807, 2.05) is 0 Å². The number of hydrogen-bond acceptors (Lipinski definition) is 2. The minimum Gasteiger partial charge on any atom is -0.148 e. The highest BCUT2D eigenvalue weighted by Gasteiger charge is 2.77. The van der Waals surface area contributed by atoms with Gasteiger partial charge < -0.3 is 0 Å². The van der Waals surface area contributed by atoms with Crippen LogP contribution in [0.4, 0.5) is 0 Å². The molecule has 78 valence electrons. The van der Waals surface area contributed by atoms with Gasteiger partial charge in [-0.25, -0.2) is 0 Å². The number of hydrogen-bond donors (Lipinski definition) is 0. The van der Waals surface area contributed by atoms with Crippen molar-refractivity contribution < 1.29 is 0 Å². The molecule has 2 heteroatoms. The van der Waals surface area contributed by atoms with Crippen LogP contribution in [0.3, 0.4) is 0 Å². The number of thioether (sulfide) groups is 2. The minimum atomic E-state index is 0.807. The third kappa shape index (κ3) is 0.910. The molecule has 0 aromatic heterocycles. The van der Waals surface area contributed by atoms with Gasteiger partial charge in [-0.1, -0.05) is 25.7 Å². The molecule has 2 heterocycles. The van der Waals surface area contributed by atoms with Crippen molar-refractivity contribution in [3.63, 3.8) is 0 Å². The SMILES string of the molecule is C1CCC2(C34CCCCC3S4)SC2C1. The Bertz CT molecular complexity index is 249. The molecule has 2 aliphatic carbocycles. The Kier molecular flexibility index (Phi) is 1.69. The maximum absolute atomic E-state index is 2.37. The van der Waals surface area contributed by atoms with Gasteiger partial charge in [0.25, 0.3) is 0 Å². The Hall–Kier alpha value is 0.700. The van der Waals surface area contributed by atoms with Crippen molar-refractivity contribution in [2.75, 3.05) is 0 Å². The zero-order valence-electron chi connectivity index (χ0n) is 8.63. The summed E-state index contributed by atoms with van der Waals surface area (Å²) in [6, 6.07) is 0. The van der Waals surface area contributed by atoms with Crippen molar-refractivity contribution in [2.45, 2.75) is 71.4 Å². The van der Waals surface area contributed by atoms with Gasteiger partial charge in [-0.05, 0) is 25.7 Å². The predicted molar refractivity (Wildman–Crippen MR) is 65.2 cm³/mol. The maximum atomic E-state index is 2.37. The van der Waals surface area contributed by atoms with E-state index in [0.717, 1.165) is 20.0 Å². The van der Waals surface area contributed by atoms with Crippen molar-refractivity contribution >= 4 is 23.5 Å². The van der Waals surface area contributed by atoms with Crippen LogP contribution in [0.5, 0.6) is 0 Å². The monoisotopic (exact) mass is 226 g/mol. The van der Waals surface area contributed by atoms with E-state index in [9.17, 15) is 0 Å². The summed E-state index contributed by atoms with van der Waals surface area (Å²) < 4.78 is 1.61. The molecule has 0 aromatic rings. The van der Waals surface area contributed by atoms with E-state index in [2.05, 4.69) is 23.5 Å². The molecule has 14 heavy (non-hydrogen) atoms. The van der Waals surface area contributed by atoms with Crippen LogP contribution >= 0.6 is 23.5 Å². The van der Waals surface area contributed by atoms with Crippen LogP contribution in [-0.2, 0) is 0 Å². The normalized spacial score (nSPS) is 60.0. The molecule has 4 atom stereocenters. The molecule has 4 unspecified atom stereocenters. The molecule has 4 rings (SSSR count). The van der Waals surface area contributed by atoms with E-state index in [1.54, 1.807) is 25.7 Å². The number of rotatable bonds is 1.